The summed E-state index contributed by atoms with van der Waals surface area (Å²) in [5.41, 5.74) is 2.42. The highest BCUT2D eigenvalue weighted by Gasteiger charge is 2.35. The number of hydrogen-bond acceptors (Lipinski definition) is 2. The number of halogens is 1. The molecule has 0 atom stereocenters. The van der Waals surface area contributed by atoms with Crippen molar-refractivity contribution in [2.75, 3.05) is 0 Å². The van der Waals surface area contributed by atoms with Crippen LogP contribution in [0.25, 0.3) is 4.85 Å². The Morgan fingerprint density at radius 1 is 1.12 bits per heavy atom. The van der Waals surface area contributed by atoms with Crippen molar-refractivity contribution in [3.8, 4) is 5.75 Å². The van der Waals surface area contributed by atoms with Crippen molar-refractivity contribution < 1.29 is 9.53 Å². The summed E-state index contributed by atoms with van der Waals surface area (Å²) in [4.78, 5) is 18.0. The molecule has 1 heterocycles. The molecule has 1 amide bonds. The number of ether oxygens (including phenoxy) is 1. The van der Waals surface area contributed by atoms with Crippen LogP contribution in [0.2, 0.25) is 5.02 Å². The lowest BCUT2D eigenvalue weighted by molar-refractivity contribution is 0.0561. The number of nitrogens with zero attached hydrogens (tertiary/aromatic N) is 2. The van der Waals surface area contributed by atoms with Gasteiger partial charge in [-0.05, 0) is 49.4 Å². The van der Waals surface area contributed by atoms with Crippen LogP contribution in [0.4, 0.5) is 5.69 Å². The van der Waals surface area contributed by atoms with Gasteiger partial charge in [-0.3, -0.25) is 4.79 Å². The second kappa shape index (κ2) is 7.01. The molecule has 132 valence electrons. The zero-order valence-corrected chi connectivity index (χ0v) is 15.1. The molecule has 0 radical (unpaired) electrons. The second-order valence-corrected chi connectivity index (χ2v) is 7.27. The van der Waals surface area contributed by atoms with Gasteiger partial charge >= 0.3 is 0 Å². The maximum absolute atomic E-state index is 12.6. The van der Waals surface area contributed by atoms with Crippen molar-refractivity contribution in [3.05, 3.63) is 70.0 Å². The van der Waals surface area contributed by atoms with Crippen LogP contribution in [0.5, 0.6) is 5.75 Å². The normalized spacial score (nSPS) is 22.0. The predicted octanol–water partition coefficient (Wildman–Crippen LogP) is 5.24. The first kappa shape index (κ1) is 16.9. The summed E-state index contributed by atoms with van der Waals surface area (Å²) in [5.74, 6) is 0.863. The number of hydrogen-bond donors (Lipinski definition) is 0. The van der Waals surface area contributed by atoms with Gasteiger partial charge in [0, 0.05) is 18.2 Å². The average Bonchev–Trinajstić information content (AvgIpc) is 3.00. The molecule has 0 unspecified atom stereocenters. The van der Waals surface area contributed by atoms with Crippen LogP contribution < -0.4 is 4.74 Å². The highest BCUT2D eigenvalue weighted by Crippen LogP contribution is 2.34. The Labute approximate surface area is 158 Å². The molecule has 2 aromatic rings. The number of benzene rings is 2. The summed E-state index contributed by atoms with van der Waals surface area (Å²) in [6, 6.07) is 13.4. The monoisotopic (exact) mass is 366 g/mol. The molecule has 2 aliphatic rings. The van der Waals surface area contributed by atoms with Crippen molar-refractivity contribution in [2.24, 2.45) is 0 Å². The summed E-state index contributed by atoms with van der Waals surface area (Å²) in [6.45, 7) is 7.77. The van der Waals surface area contributed by atoms with Crippen molar-refractivity contribution in [3.63, 3.8) is 0 Å². The van der Waals surface area contributed by atoms with Crippen LogP contribution in [-0.4, -0.2) is 23.0 Å². The average molecular weight is 367 g/mol. The molecule has 4 rings (SSSR count). The van der Waals surface area contributed by atoms with E-state index in [2.05, 4.69) is 4.85 Å². The minimum absolute atomic E-state index is 0.126. The molecular formula is C21H19ClN2O2. The summed E-state index contributed by atoms with van der Waals surface area (Å²) in [5, 5.41) is 0.423. The topological polar surface area (TPSA) is 33.9 Å². The molecule has 1 saturated carbocycles. The Morgan fingerprint density at radius 3 is 2.58 bits per heavy atom. The van der Waals surface area contributed by atoms with Gasteiger partial charge in [-0.25, -0.2) is 4.85 Å². The Kier molecular flexibility index (Phi) is 4.57. The second-order valence-electron chi connectivity index (χ2n) is 6.86. The van der Waals surface area contributed by atoms with Gasteiger partial charge in [0.1, 0.15) is 5.75 Å². The Hall–Kier alpha value is -2.51. The van der Waals surface area contributed by atoms with E-state index in [-0.39, 0.29) is 18.1 Å². The van der Waals surface area contributed by atoms with Crippen LogP contribution in [-0.2, 0) is 6.54 Å². The van der Waals surface area contributed by atoms with Gasteiger partial charge in [0.25, 0.3) is 5.91 Å². The Balaban J connectivity index is 1.36. The van der Waals surface area contributed by atoms with E-state index in [0.29, 0.717) is 16.5 Å². The van der Waals surface area contributed by atoms with E-state index in [9.17, 15) is 4.79 Å². The van der Waals surface area contributed by atoms with Crippen molar-refractivity contribution in [1.29, 1.82) is 0 Å². The van der Waals surface area contributed by atoms with Gasteiger partial charge in [0.15, 0.2) is 0 Å². The predicted molar refractivity (Wildman–Crippen MR) is 101 cm³/mol. The maximum Gasteiger partial charge on any atom is 0.254 e. The van der Waals surface area contributed by atoms with E-state index in [1.165, 1.54) is 0 Å². The Morgan fingerprint density at radius 2 is 1.88 bits per heavy atom. The molecule has 2 aromatic carbocycles. The first-order valence-corrected chi connectivity index (χ1v) is 9.26. The summed E-state index contributed by atoms with van der Waals surface area (Å²) in [6.07, 6.45) is 3.83. The molecule has 1 aliphatic heterocycles. The number of carbonyl (C=O) groups excluding carboxylic acids is 1. The molecule has 4 nitrogen and oxygen atoms in total. The van der Waals surface area contributed by atoms with Crippen LogP contribution in [0, 0.1) is 6.57 Å². The van der Waals surface area contributed by atoms with E-state index < -0.39 is 0 Å². The number of rotatable bonds is 3. The van der Waals surface area contributed by atoms with Crippen LogP contribution in [0.15, 0.2) is 42.5 Å². The zero-order chi connectivity index (χ0) is 18.1. The van der Waals surface area contributed by atoms with E-state index in [1.54, 1.807) is 18.2 Å². The highest BCUT2D eigenvalue weighted by atomic mass is 35.5. The lowest BCUT2D eigenvalue weighted by atomic mass is 9.92. The molecule has 1 aliphatic carbocycles. The zero-order valence-electron chi connectivity index (χ0n) is 14.3. The van der Waals surface area contributed by atoms with E-state index in [0.717, 1.165) is 43.4 Å². The van der Waals surface area contributed by atoms with Crippen molar-refractivity contribution >= 4 is 23.2 Å². The fourth-order valence-corrected chi connectivity index (χ4v) is 4.10. The standard InChI is InChI=1S/C21H19ClN2O2/c1-23-20-11-10-17(12-19(20)22)26-16-8-6-15(7-9-16)24-13-14-4-2-3-5-18(14)21(24)25/h2-5,10-12,15-16H,6-9,13H2. The van der Waals surface area contributed by atoms with Crippen molar-refractivity contribution in [2.45, 2.75) is 44.4 Å². The molecule has 0 N–H and O–H groups in total. The fourth-order valence-electron chi connectivity index (χ4n) is 3.89. The van der Waals surface area contributed by atoms with Gasteiger partial charge in [0.05, 0.1) is 17.7 Å². The first-order valence-electron chi connectivity index (χ1n) is 8.88. The summed E-state index contributed by atoms with van der Waals surface area (Å²) < 4.78 is 6.04. The van der Waals surface area contributed by atoms with Crippen LogP contribution in [0.3, 0.4) is 0 Å². The Bertz CT molecular complexity index is 882. The molecule has 5 heteroatoms. The minimum Gasteiger partial charge on any atom is -0.490 e. The van der Waals surface area contributed by atoms with E-state index in [1.807, 2.05) is 29.2 Å². The van der Waals surface area contributed by atoms with E-state index >= 15 is 0 Å². The third-order valence-corrected chi connectivity index (χ3v) is 5.58. The fraction of sp³-hybridized carbons (Fsp3) is 0.333. The third kappa shape index (κ3) is 3.15. The van der Waals surface area contributed by atoms with Gasteiger partial charge < -0.3 is 9.64 Å². The van der Waals surface area contributed by atoms with Crippen LogP contribution in [0.1, 0.15) is 41.6 Å². The van der Waals surface area contributed by atoms with E-state index in [4.69, 9.17) is 22.9 Å². The number of carbonyl (C=O) groups is 1. The summed E-state index contributed by atoms with van der Waals surface area (Å²) in [7, 11) is 0. The van der Waals surface area contributed by atoms with Crippen molar-refractivity contribution in [1.82, 2.24) is 4.90 Å². The largest absolute Gasteiger partial charge is 0.490 e. The van der Waals surface area contributed by atoms with Gasteiger partial charge in [-0.1, -0.05) is 35.9 Å². The molecule has 0 bridgehead atoms. The molecule has 1 fully saturated rings. The summed E-state index contributed by atoms with van der Waals surface area (Å²) >= 11 is 6.08. The molecule has 0 spiro atoms. The third-order valence-electron chi connectivity index (χ3n) is 5.28. The lowest BCUT2D eigenvalue weighted by Crippen LogP contribution is -2.40. The number of amides is 1. The molecule has 0 saturated heterocycles. The molecule has 26 heavy (non-hydrogen) atoms. The smallest absolute Gasteiger partial charge is 0.254 e. The van der Waals surface area contributed by atoms with Crippen LogP contribution >= 0.6 is 11.6 Å². The maximum atomic E-state index is 12.6. The van der Waals surface area contributed by atoms with Gasteiger partial charge in [-0.2, -0.15) is 0 Å². The molecular weight excluding hydrogens is 348 g/mol. The first-order chi connectivity index (χ1) is 12.7. The quantitative estimate of drug-likeness (QED) is 0.696. The number of fused-ring (bicyclic) bond motifs is 1. The minimum atomic E-state index is 0.126. The van der Waals surface area contributed by atoms with Gasteiger partial charge in [0.2, 0.25) is 5.69 Å². The lowest BCUT2D eigenvalue weighted by Gasteiger charge is -2.34. The highest BCUT2D eigenvalue weighted by molar-refractivity contribution is 6.33. The SMILES string of the molecule is [C-]#[N+]c1ccc(OC2CCC(N3Cc4ccccc4C3=O)CC2)cc1Cl. The van der Waals surface area contributed by atoms with Gasteiger partial charge in [-0.15, -0.1) is 0 Å². The molecule has 0 aromatic heterocycles.